The molecule has 0 heterocycles. The molecular weight excluding hydrogens is 370 g/mol. The fourth-order valence-corrected chi connectivity index (χ4v) is 9.37. The van der Waals surface area contributed by atoms with Gasteiger partial charge in [-0.1, -0.05) is 103 Å². The summed E-state index contributed by atoms with van der Waals surface area (Å²) in [4.78, 5) is 11.6. The number of allylic oxidation sites excluding steroid dienone is 3. The quantitative estimate of drug-likeness (QED) is 0.155. The maximum Gasteiger partial charge on any atom is 0.207 e. The third-order valence-corrected chi connectivity index (χ3v) is 11.6. The molecule has 167 valence electrons. The number of carbonyl (C=O) groups excluding carboxylic acids is 1. The van der Waals surface area contributed by atoms with E-state index in [4.69, 9.17) is 0 Å². The van der Waals surface area contributed by atoms with Crippen LogP contribution in [0.15, 0.2) is 22.3 Å². The van der Waals surface area contributed by atoms with E-state index >= 15 is 0 Å². The zero-order valence-corrected chi connectivity index (χ0v) is 21.7. The monoisotopic (exact) mass is 418 g/mol. The number of unbranched alkanes of at least 4 members (excludes halogenated alkanes) is 6. The van der Waals surface area contributed by atoms with Crippen LogP contribution < -0.4 is 5.32 Å². The van der Waals surface area contributed by atoms with Gasteiger partial charge >= 0.3 is 0 Å². The minimum Gasteiger partial charge on any atom is -0.347 e. The van der Waals surface area contributed by atoms with Gasteiger partial charge in [0.15, 0.2) is 0 Å². The second-order valence-electron chi connectivity index (χ2n) is 9.22. The first-order valence-corrected chi connectivity index (χ1v) is 14.7. The molecule has 1 amide bonds. The molecule has 2 unspecified atom stereocenters. The van der Waals surface area contributed by atoms with Crippen molar-refractivity contribution < 1.29 is 4.79 Å². The van der Waals surface area contributed by atoms with Crippen LogP contribution in [-0.4, -0.2) is 15.2 Å². The Morgan fingerprint density at radius 1 is 0.931 bits per heavy atom. The van der Waals surface area contributed by atoms with Crippen LogP contribution in [0.3, 0.4) is 0 Å². The van der Waals surface area contributed by atoms with Crippen molar-refractivity contribution in [2.24, 2.45) is 5.92 Å². The van der Waals surface area contributed by atoms with Crippen molar-refractivity contribution in [3.05, 3.63) is 28.3 Å². The van der Waals surface area contributed by atoms with Gasteiger partial charge in [-0.05, 0) is 43.0 Å². The lowest BCUT2D eigenvalue weighted by Crippen LogP contribution is -2.35. The second-order valence-corrected chi connectivity index (χ2v) is 12.7. The molecule has 29 heavy (non-hydrogen) atoms. The average Bonchev–Trinajstić information content (AvgIpc) is 2.90. The van der Waals surface area contributed by atoms with E-state index < -0.39 is 8.80 Å². The van der Waals surface area contributed by atoms with Crippen LogP contribution in [-0.2, 0) is 4.79 Å². The van der Waals surface area contributed by atoms with Crippen LogP contribution in [0.1, 0.15) is 106 Å². The van der Waals surface area contributed by atoms with Gasteiger partial charge in [0.2, 0.25) is 6.41 Å². The molecule has 0 aromatic heterocycles. The van der Waals surface area contributed by atoms with Crippen molar-refractivity contribution in [3.63, 3.8) is 0 Å². The second kappa shape index (κ2) is 14.2. The molecule has 1 aliphatic rings. The van der Waals surface area contributed by atoms with Crippen molar-refractivity contribution in [3.8, 4) is 0 Å². The lowest BCUT2D eigenvalue weighted by molar-refractivity contribution is -0.109. The maximum absolute atomic E-state index is 11.6. The first kappa shape index (κ1) is 26.2. The Hall–Kier alpha value is -0.833. The predicted octanol–water partition coefficient (Wildman–Crippen LogP) is 7.73. The van der Waals surface area contributed by atoms with E-state index in [1.807, 2.05) is 0 Å². The van der Waals surface area contributed by atoms with Gasteiger partial charge in [-0.3, -0.25) is 4.79 Å². The van der Waals surface area contributed by atoms with Crippen LogP contribution in [0, 0.1) is 12.0 Å². The van der Waals surface area contributed by atoms with Gasteiger partial charge in [0, 0.05) is 14.7 Å². The molecule has 1 rings (SSSR count). The van der Waals surface area contributed by atoms with Gasteiger partial charge in [-0.25, -0.2) is 0 Å². The number of nitrogens with one attached hydrogen (secondary N) is 1. The molecule has 0 aromatic rings. The fourth-order valence-electron chi connectivity index (χ4n) is 5.23. The van der Waals surface area contributed by atoms with Gasteiger partial charge in [0.05, 0.1) is 6.04 Å². The van der Waals surface area contributed by atoms with Crippen LogP contribution in [0.4, 0.5) is 0 Å². The van der Waals surface area contributed by atoms with Crippen LogP contribution in [0.25, 0.3) is 0 Å². The molecule has 3 heteroatoms. The smallest absolute Gasteiger partial charge is 0.207 e. The summed E-state index contributed by atoms with van der Waals surface area (Å²) < 4.78 is 0. The van der Waals surface area contributed by atoms with Gasteiger partial charge in [-0.15, -0.1) is 0 Å². The molecule has 1 N–H and O–H groups in total. The van der Waals surface area contributed by atoms with Crippen LogP contribution in [0.2, 0.25) is 17.6 Å². The summed E-state index contributed by atoms with van der Waals surface area (Å²) >= 11 is 0. The van der Waals surface area contributed by atoms with E-state index in [0.29, 0.717) is 11.5 Å². The highest BCUT2D eigenvalue weighted by atomic mass is 28.3. The van der Waals surface area contributed by atoms with Crippen molar-refractivity contribution >= 4 is 15.2 Å². The largest absolute Gasteiger partial charge is 0.347 e. The fraction of sp³-hybridized carbons (Fsp3) is 0.769. The summed E-state index contributed by atoms with van der Waals surface area (Å²) in [5.74, 6) is 0.432. The third kappa shape index (κ3) is 7.42. The number of carbonyl (C=O) groups is 1. The molecule has 0 bridgehead atoms. The Balaban J connectivity index is 3.06. The first-order valence-electron chi connectivity index (χ1n) is 12.4. The van der Waals surface area contributed by atoms with Crippen LogP contribution in [0.5, 0.6) is 0 Å². The molecule has 0 saturated carbocycles. The Bertz CT molecular complexity index is 539. The lowest BCUT2D eigenvalue weighted by Gasteiger charge is -2.35. The minimum atomic E-state index is -0.986. The zero-order valence-electron chi connectivity index (χ0n) is 20.5. The van der Waals surface area contributed by atoms with Crippen molar-refractivity contribution in [2.75, 3.05) is 0 Å². The maximum atomic E-state index is 11.6. The molecule has 0 saturated heterocycles. The van der Waals surface area contributed by atoms with E-state index in [0.717, 1.165) is 12.8 Å². The van der Waals surface area contributed by atoms with E-state index in [1.165, 1.54) is 91.8 Å². The standard InChI is InChI=1S/C26H48NOSi/c1-8-11-13-15-17-29(18-16-14-12-9-2)24(10-3)26(27-19-28)25-22(6)20(4)21(5)23(25)7/h19,22,24,29H,8-18H2,1-7H3,(H,27,28). The molecule has 0 aliphatic heterocycles. The molecular formula is C26H48NOSi. The zero-order chi connectivity index (χ0) is 21.8. The summed E-state index contributed by atoms with van der Waals surface area (Å²) in [6.07, 6.45) is 12.9. The summed E-state index contributed by atoms with van der Waals surface area (Å²) in [6.45, 7) is 16.0. The molecule has 1 aliphatic carbocycles. The number of amides is 1. The summed E-state index contributed by atoms with van der Waals surface area (Å²) in [7, 11) is -0.986. The highest BCUT2D eigenvalue weighted by Crippen LogP contribution is 2.46. The normalized spacial score (nSPS) is 18.3. The molecule has 2 nitrogen and oxygen atoms in total. The first-order chi connectivity index (χ1) is 13.9. The lowest BCUT2D eigenvalue weighted by atomic mass is 9.89. The van der Waals surface area contributed by atoms with Gasteiger partial charge in [0.25, 0.3) is 0 Å². The van der Waals surface area contributed by atoms with E-state index in [-0.39, 0.29) is 0 Å². The van der Waals surface area contributed by atoms with E-state index in [9.17, 15) is 4.79 Å². The van der Waals surface area contributed by atoms with Crippen molar-refractivity contribution in [1.29, 1.82) is 0 Å². The summed E-state index contributed by atoms with van der Waals surface area (Å²) in [5, 5.41) is 3.25. The van der Waals surface area contributed by atoms with Crippen LogP contribution >= 0.6 is 0 Å². The Morgan fingerprint density at radius 3 is 1.86 bits per heavy atom. The third-order valence-electron chi connectivity index (χ3n) is 7.38. The number of hydrogen-bond donors (Lipinski definition) is 1. The predicted molar refractivity (Wildman–Crippen MR) is 132 cm³/mol. The average molecular weight is 419 g/mol. The van der Waals surface area contributed by atoms with Gasteiger partial charge in [0.1, 0.15) is 0 Å². The number of rotatable bonds is 16. The minimum absolute atomic E-state index is 0.432. The topological polar surface area (TPSA) is 29.1 Å². The van der Waals surface area contributed by atoms with E-state index in [1.54, 1.807) is 0 Å². The van der Waals surface area contributed by atoms with Gasteiger partial charge in [-0.2, -0.15) is 0 Å². The Labute approximate surface area is 183 Å². The highest BCUT2D eigenvalue weighted by molar-refractivity contribution is 6.61. The molecule has 0 spiro atoms. The summed E-state index contributed by atoms with van der Waals surface area (Å²) in [6, 6.07) is 4.15. The molecule has 0 aromatic carbocycles. The Morgan fingerprint density at radius 2 is 1.48 bits per heavy atom. The molecule has 2 atom stereocenters. The Kier molecular flexibility index (Phi) is 12.8. The van der Waals surface area contributed by atoms with E-state index in [2.05, 4.69) is 53.8 Å². The van der Waals surface area contributed by atoms with Crippen molar-refractivity contribution in [1.82, 2.24) is 5.32 Å². The molecule has 0 fully saturated rings. The number of hydrogen-bond acceptors (Lipinski definition) is 1. The van der Waals surface area contributed by atoms with Crippen molar-refractivity contribution in [2.45, 2.75) is 124 Å². The molecule has 1 radical (unpaired) electrons. The SMILES string of the molecule is CCCCCC[SiH](CCCCCC)C(CC)[C](NC=O)C1=C(C)C(C)=C(C)C1C. The summed E-state index contributed by atoms with van der Waals surface area (Å²) in [5.41, 5.74) is 6.33. The highest BCUT2D eigenvalue weighted by Gasteiger charge is 2.37. The van der Waals surface area contributed by atoms with Gasteiger partial charge < -0.3 is 5.32 Å².